The normalized spacial score (nSPS) is 14.8. The number of rotatable bonds is 9. The molecule has 0 saturated carbocycles. The van der Waals surface area contributed by atoms with Crippen molar-refractivity contribution >= 4 is 29.2 Å². The lowest BCUT2D eigenvalue weighted by atomic mass is 9.88. The second-order valence-electron chi connectivity index (χ2n) is 9.20. The SMILES string of the molecule is CC/C(=C(\c1ccc(/C=C/C(=O)O)cc1)c1ccc(OC(=O)CN2CCCCC2)cc1)c1ccccc1. The molecule has 0 aliphatic carbocycles. The Balaban J connectivity index is 1.63. The van der Waals surface area contributed by atoms with Gasteiger partial charge in [0.15, 0.2) is 0 Å². The molecule has 1 fully saturated rings. The topological polar surface area (TPSA) is 66.8 Å². The molecule has 0 atom stereocenters. The molecule has 0 bridgehead atoms. The molecular formula is C32H33NO4. The highest BCUT2D eigenvalue weighted by Gasteiger charge is 2.16. The van der Waals surface area contributed by atoms with E-state index in [2.05, 4.69) is 24.0 Å². The zero-order valence-electron chi connectivity index (χ0n) is 21.2. The summed E-state index contributed by atoms with van der Waals surface area (Å²) in [5.74, 6) is -0.662. The number of hydrogen-bond donors (Lipinski definition) is 1. The number of carboxylic acid groups (broad SMARTS) is 1. The van der Waals surface area contributed by atoms with Gasteiger partial charge in [-0.25, -0.2) is 4.79 Å². The molecule has 0 aromatic heterocycles. The van der Waals surface area contributed by atoms with E-state index < -0.39 is 5.97 Å². The molecule has 37 heavy (non-hydrogen) atoms. The molecule has 1 heterocycles. The Morgan fingerprint density at radius 2 is 1.46 bits per heavy atom. The van der Waals surface area contributed by atoms with Gasteiger partial charge in [-0.05, 0) is 84.0 Å². The highest BCUT2D eigenvalue weighted by Crippen LogP contribution is 2.35. The van der Waals surface area contributed by atoms with E-state index in [1.807, 2.05) is 66.7 Å². The molecule has 5 nitrogen and oxygen atoms in total. The van der Waals surface area contributed by atoms with Gasteiger partial charge in [0.1, 0.15) is 5.75 Å². The summed E-state index contributed by atoms with van der Waals surface area (Å²) in [7, 11) is 0. The quantitative estimate of drug-likeness (QED) is 0.158. The van der Waals surface area contributed by atoms with Crippen LogP contribution in [0.4, 0.5) is 0 Å². The minimum atomic E-state index is -0.973. The fraction of sp³-hybridized carbons (Fsp3) is 0.250. The number of esters is 1. The number of allylic oxidation sites excluding steroid dienone is 1. The molecule has 4 rings (SSSR count). The van der Waals surface area contributed by atoms with Crippen molar-refractivity contribution in [2.24, 2.45) is 0 Å². The maximum absolute atomic E-state index is 12.5. The van der Waals surface area contributed by atoms with Gasteiger partial charge < -0.3 is 9.84 Å². The predicted octanol–water partition coefficient (Wildman–Crippen LogP) is 6.54. The third-order valence-corrected chi connectivity index (χ3v) is 6.57. The molecule has 1 saturated heterocycles. The molecule has 0 amide bonds. The van der Waals surface area contributed by atoms with E-state index in [4.69, 9.17) is 9.84 Å². The molecule has 1 aliphatic heterocycles. The van der Waals surface area contributed by atoms with Crippen molar-refractivity contribution in [2.45, 2.75) is 32.6 Å². The number of carbonyl (C=O) groups excluding carboxylic acids is 1. The van der Waals surface area contributed by atoms with Crippen LogP contribution in [0.5, 0.6) is 5.75 Å². The molecule has 190 valence electrons. The van der Waals surface area contributed by atoms with Crippen LogP contribution in [0, 0.1) is 0 Å². The van der Waals surface area contributed by atoms with E-state index in [-0.39, 0.29) is 5.97 Å². The summed E-state index contributed by atoms with van der Waals surface area (Å²) in [6.45, 7) is 4.37. The Hall–Kier alpha value is -3.96. The number of benzene rings is 3. The summed E-state index contributed by atoms with van der Waals surface area (Å²) in [5.41, 5.74) is 6.30. The second-order valence-corrected chi connectivity index (χ2v) is 9.20. The number of piperidine rings is 1. The lowest BCUT2D eigenvalue weighted by molar-refractivity contribution is -0.136. The van der Waals surface area contributed by atoms with Gasteiger partial charge in [-0.2, -0.15) is 0 Å². The highest BCUT2D eigenvalue weighted by molar-refractivity contribution is 5.98. The molecule has 0 unspecified atom stereocenters. The molecule has 3 aromatic carbocycles. The van der Waals surface area contributed by atoms with Crippen LogP contribution >= 0.6 is 0 Å². The van der Waals surface area contributed by atoms with Crippen LogP contribution in [-0.4, -0.2) is 41.6 Å². The van der Waals surface area contributed by atoms with E-state index in [0.29, 0.717) is 12.3 Å². The molecular weight excluding hydrogens is 462 g/mol. The molecule has 3 aromatic rings. The Labute approximate surface area is 218 Å². The minimum Gasteiger partial charge on any atom is -0.478 e. The summed E-state index contributed by atoms with van der Waals surface area (Å²) in [4.78, 5) is 25.5. The van der Waals surface area contributed by atoms with Crippen LogP contribution in [0.25, 0.3) is 17.2 Å². The van der Waals surface area contributed by atoms with Crippen molar-refractivity contribution in [1.82, 2.24) is 4.90 Å². The summed E-state index contributed by atoms with van der Waals surface area (Å²) < 4.78 is 5.64. The first-order valence-electron chi connectivity index (χ1n) is 12.9. The maximum Gasteiger partial charge on any atom is 0.328 e. The summed E-state index contributed by atoms with van der Waals surface area (Å²) in [5, 5.41) is 8.93. The average Bonchev–Trinajstić information content (AvgIpc) is 2.92. The third-order valence-electron chi connectivity index (χ3n) is 6.57. The first-order chi connectivity index (χ1) is 18.0. The Bertz CT molecular complexity index is 1250. The highest BCUT2D eigenvalue weighted by atomic mass is 16.5. The lowest BCUT2D eigenvalue weighted by Crippen LogP contribution is -2.36. The zero-order valence-corrected chi connectivity index (χ0v) is 21.2. The van der Waals surface area contributed by atoms with Gasteiger partial charge in [0.05, 0.1) is 6.54 Å². The Morgan fingerprint density at radius 3 is 2.05 bits per heavy atom. The number of ether oxygens (including phenoxy) is 1. The Kier molecular flexibility index (Phi) is 9.06. The average molecular weight is 496 g/mol. The smallest absolute Gasteiger partial charge is 0.328 e. The van der Waals surface area contributed by atoms with Crippen molar-refractivity contribution < 1.29 is 19.4 Å². The zero-order chi connectivity index (χ0) is 26.0. The van der Waals surface area contributed by atoms with Gasteiger partial charge in [0.2, 0.25) is 0 Å². The van der Waals surface area contributed by atoms with Gasteiger partial charge in [0, 0.05) is 6.08 Å². The summed E-state index contributed by atoms with van der Waals surface area (Å²) in [6.07, 6.45) is 7.04. The van der Waals surface area contributed by atoms with Crippen LogP contribution < -0.4 is 4.74 Å². The number of hydrogen-bond acceptors (Lipinski definition) is 4. The first kappa shape index (κ1) is 26.1. The number of aliphatic carboxylic acids is 1. The number of carbonyl (C=O) groups is 2. The largest absolute Gasteiger partial charge is 0.478 e. The standard InChI is InChI=1S/C32H33NO4/c1-2-29(25-9-5-3-6-10-25)32(26-14-11-24(12-15-26)13-20-30(34)35)27-16-18-28(19-17-27)37-31(36)23-33-21-7-4-8-22-33/h3,5-6,9-20H,2,4,7-8,21-23H2,1H3,(H,34,35)/b20-13+,32-29-. The minimum absolute atomic E-state index is 0.228. The predicted molar refractivity (Wildman–Crippen MR) is 148 cm³/mol. The Morgan fingerprint density at radius 1 is 0.838 bits per heavy atom. The first-order valence-corrected chi connectivity index (χ1v) is 12.9. The van der Waals surface area contributed by atoms with E-state index >= 15 is 0 Å². The van der Waals surface area contributed by atoms with Crippen LogP contribution in [-0.2, 0) is 9.59 Å². The van der Waals surface area contributed by atoms with Crippen molar-refractivity contribution in [1.29, 1.82) is 0 Å². The number of likely N-dealkylation sites (tertiary alicyclic amines) is 1. The van der Waals surface area contributed by atoms with Gasteiger partial charge in [-0.3, -0.25) is 9.69 Å². The molecule has 0 radical (unpaired) electrons. The van der Waals surface area contributed by atoms with Crippen LogP contribution in [0.3, 0.4) is 0 Å². The molecule has 5 heteroatoms. The third kappa shape index (κ3) is 7.28. The van der Waals surface area contributed by atoms with Crippen molar-refractivity contribution in [2.75, 3.05) is 19.6 Å². The van der Waals surface area contributed by atoms with Crippen molar-refractivity contribution in [3.05, 3.63) is 107 Å². The van der Waals surface area contributed by atoms with Gasteiger partial charge in [-0.1, -0.05) is 80.1 Å². The fourth-order valence-corrected chi connectivity index (χ4v) is 4.76. The van der Waals surface area contributed by atoms with Crippen LogP contribution in [0.1, 0.15) is 54.9 Å². The van der Waals surface area contributed by atoms with E-state index in [9.17, 15) is 9.59 Å². The number of nitrogens with zero attached hydrogens (tertiary/aromatic N) is 1. The number of carboxylic acids is 1. The fourth-order valence-electron chi connectivity index (χ4n) is 4.76. The van der Waals surface area contributed by atoms with Gasteiger partial charge in [0.25, 0.3) is 0 Å². The van der Waals surface area contributed by atoms with Crippen molar-refractivity contribution in [3.8, 4) is 5.75 Å². The lowest BCUT2D eigenvalue weighted by Gasteiger charge is -2.25. The summed E-state index contributed by atoms with van der Waals surface area (Å²) >= 11 is 0. The second kappa shape index (κ2) is 12.8. The van der Waals surface area contributed by atoms with Gasteiger partial charge in [-0.15, -0.1) is 0 Å². The molecule has 0 spiro atoms. The maximum atomic E-state index is 12.5. The van der Waals surface area contributed by atoms with E-state index in [1.165, 1.54) is 12.0 Å². The van der Waals surface area contributed by atoms with Crippen LogP contribution in [0.2, 0.25) is 0 Å². The summed E-state index contributed by atoms with van der Waals surface area (Å²) in [6, 6.07) is 25.9. The van der Waals surface area contributed by atoms with E-state index in [1.54, 1.807) is 6.08 Å². The molecule has 1 N–H and O–H groups in total. The van der Waals surface area contributed by atoms with Crippen molar-refractivity contribution in [3.63, 3.8) is 0 Å². The van der Waals surface area contributed by atoms with Crippen LogP contribution in [0.15, 0.2) is 84.9 Å². The molecule has 1 aliphatic rings. The van der Waals surface area contributed by atoms with Gasteiger partial charge >= 0.3 is 11.9 Å². The monoisotopic (exact) mass is 495 g/mol. The van der Waals surface area contributed by atoms with E-state index in [0.717, 1.165) is 66.3 Å².